The van der Waals surface area contributed by atoms with Crippen molar-refractivity contribution in [3.05, 3.63) is 35.9 Å². The molecule has 3 nitrogen and oxygen atoms in total. The van der Waals surface area contributed by atoms with Gasteiger partial charge in [-0.25, -0.2) is 0 Å². The van der Waals surface area contributed by atoms with E-state index < -0.39 is 0 Å². The first-order chi connectivity index (χ1) is 10.3. The second-order valence-electron chi connectivity index (χ2n) is 5.52. The van der Waals surface area contributed by atoms with Crippen LogP contribution in [-0.4, -0.2) is 49.0 Å². The predicted molar refractivity (Wildman–Crippen MR) is 110 cm³/mol. The van der Waals surface area contributed by atoms with Gasteiger partial charge in [0, 0.05) is 25.4 Å². The van der Waals surface area contributed by atoms with Gasteiger partial charge in [-0.2, -0.15) is 11.8 Å². The number of benzene rings is 1. The van der Waals surface area contributed by atoms with Crippen molar-refractivity contribution in [3.8, 4) is 0 Å². The highest BCUT2D eigenvalue weighted by molar-refractivity contribution is 14.0. The summed E-state index contributed by atoms with van der Waals surface area (Å²) in [6.07, 6.45) is 4.58. The van der Waals surface area contributed by atoms with Gasteiger partial charge in [0.15, 0.2) is 5.96 Å². The molecule has 0 amide bonds. The lowest BCUT2D eigenvalue weighted by molar-refractivity contribution is 0.460. The Hall–Kier alpha value is -0.430. The normalized spacial score (nSPS) is 18.2. The van der Waals surface area contributed by atoms with Gasteiger partial charge in [-0.1, -0.05) is 30.3 Å². The van der Waals surface area contributed by atoms with E-state index in [2.05, 4.69) is 53.7 Å². The van der Waals surface area contributed by atoms with Crippen molar-refractivity contribution >= 4 is 41.7 Å². The molecule has 1 N–H and O–H groups in total. The average Bonchev–Trinajstić information content (AvgIpc) is 2.96. The molecule has 0 aromatic heterocycles. The third kappa shape index (κ3) is 6.36. The number of thioether (sulfide) groups is 1. The summed E-state index contributed by atoms with van der Waals surface area (Å²) in [6, 6.07) is 10.8. The van der Waals surface area contributed by atoms with Gasteiger partial charge < -0.3 is 10.2 Å². The fraction of sp³-hybridized carbons (Fsp3) is 0.588. The smallest absolute Gasteiger partial charge is 0.193 e. The van der Waals surface area contributed by atoms with Crippen molar-refractivity contribution in [1.82, 2.24) is 10.2 Å². The second-order valence-corrected chi connectivity index (χ2v) is 6.50. The molecule has 1 aliphatic rings. The first-order valence-electron chi connectivity index (χ1n) is 7.89. The summed E-state index contributed by atoms with van der Waals surface area (Å²) in [5, 5.41) is 3.43. The Morgan fingerprint density at radius 2 is 2.14 bits per heavy atom. The summed E-state index contributed by atoms with van der Waals surface area (Å²) in [5.74, 6) is 2.94. The molecular weight excluding hydrogens is 405 g/mol. The number of hydrogen-bond acceptors (Lipinski definition) is 2. The van der Waals surface area contributed by atoms with Gasteiger partial charge in [0.2, 0.25) is 0 Å². The van der Waals surface area contributed by atoms with E-state index >= 15 is 0 Å². The highest BCUT2D eigenvalue weighted by Gasteiger charge is 2.24. The summed E-state index contributed by atoms with van der Waals surface area (Å²) in [4.78, 5) is 7.17. The molecule has 5 heteroatoms. The molecule has 1 atom stereocenters. The third-order valence-corrected chi connectivity index (χ3v) is 4.44. The van der Waals surface area contributed by atoms with Crippen LogP contribution in [0.25, 0.3) is 0 Å². The second kappa shape index (κ2) is 11.2. The lowest BCUT2D eigenvalue weighted by Gasteiger charge is -2.21. The molecule has 0 radical (unpaired) electrons. The lowest BCUT2D eigenvalue weighted by atomic mass is 9.99. The zero-order valence-electron chi connectivity index (χ0n) is 13.6. The number of aliphatic imine (C=N–C) groups is 1. The van der Waals surface area contributed by atoms with E-state index in [1.54, 1.807) is 0 Å². The summed E-state index contributed by atoms with van der Waals surface area (Å²) in [7, 11) is 0. The van der Waals surface area contributed by atoms with Gasteiger partial charge in [-0.05, 0) is 37.5 Å². The van der Waals surface area contributed by atoms with E-state index in [0.717, 1.165) is 43.8 Å². The van der Waals surface area contributed by atoms with E-state index in [0.29, 0.717) is 0 Å². The molecule has 124 valence electrons. The molecular formula is C17H28IN3S. The van der Waals surface area contributed by atoms with Crippen LogP contribution >= 0.6 is 35.7 Å². The van der Waals surface area contributed by atoms with Crippen LogP contribution in [0.2, 0.25) is 0 Å². The Kier molecular flexibility index (Phi) is 9.95. The lowest BCUT2D eigenvalue weighted by Crippen LogP contribution is -2.40. The molecule has 0 spiro atoms. The number of nitrogens with one attached hydrogen (secondary N) is 1. The molecule has 1 fully saturated rings. The van der Waals surface area contributed by atoms with Crippen molar-refractivity contribution in [3.63, 3.8) is 0 Å². The van der Waals surface area contributed by atoms with Crippen molar-refractivity contribution in [1.29, 1.82) is 0 Å². The Balaban J connectivity index is 0.00000242. The Morgan fingerprint density at radius 3 is 2.82 bits per heavy atom. The third-order valence-electron chi connectivity index (χ3n) is 3.84. The monoisotopic (exact) mass is 433 g/mol. The number of halogens is 1. The zero-order valence-corrected chi connectivity index (χ0v) is 16.8. The minimum Gasteiger partial charge on any atom is -0.357 e. The van der Waals surface area contributed by atoms with Crippen molar-refractivity contribution in [2.75, 3.05) is 38.2 Å². The van der Waals surface area contributed by atoms with Crippen molar-refractivity contribution < 1.29 is 0 Å². The summed E-state index contributed by atoms with van der Waals surface area (Å²) >= 11 is 1.85. The number of nitrogens with zero attached hydrogens (tertiary/aromatic N) is 2. The van der Waals surface area contributed by atoms with Gasteiger partial charge in [0.05, 0.1) is 6.54 Å². The van der Waals surface area contributed by atoms with Gasteiger partial charge in [-0.15, -0.1) is 24.0 Å². The largest absolute Gasteiger partial charge is 0.357 e. The molecule has 1 heterocycles. The van der Waals surface area contributed by atoms with Crippen molar-refractivity contribution in [2.45, 2.75) is 19.8 Å². The molecule has 0 bridgehead atoms. The molecule has 1 unspecified atom stereocenters. The van der Waals surface area contributed by atoms with E-state index in [9.17, 15) is 0 Å². The molecule has 0 aliphatic carbocycles. The summed E-state index contributed by atoms with van der Waals surface area (Å²) in [6.45, 7) is 6.24. The van der Waals surface area contributed by atoms with Crippen LogP contribution in [0, 0.1) is 5.92 Å². The maximum absolute atomic E-state index is 4.74. The van der Waals surface area contributed by atoms with Crippen molar-refractivity contribution in [2.24, 2.45) is 10.9 Å². The highest BCUT2D eigenvalue weighted by atomic mass is 127. The molecule has 1 aromatic rings. The van der Waals surface area contributed by atoms with Gasteiger partial charge in [0.25, 0.3) is 0 Å². The topological polar surface area (TPSA) is 27.6 Å². The molecule has 2 rings (SSSR count). The summed E-state index contributed by atoms with van der Waals surface area (Å²) < 4.78 is 0. The fourth-order valence-electron chi connectivity index (χ4n) is 2.81. The maximum Gasteiger partial charge on any atom is 0.193 e. The number of rotatable bonds is 6. The molecule has 1 aromatic carbocycles. The highest BCUT2D eigenvalue weighted by Crippen LogP contribution is 2.20. The maximum atomic E-state index is 4.74. The SMILES string of the molecule is CCNC(=NCCSC)N1CCC(Cc2ccccc2)C1.I. The van der Waals surface area contributed by atoms with E-state index in [-0.39, 0.29) is 24.0 Å². The minimum atomic E-state index is 0. The van der Waals surface area contributed by atoms with Crippen LogP contribution in [-0.2, 0) is 6.42 Å². The number of likely N-dealkylation sites (tertiary alicyclic amines) is 1. The Morgan fingerprint density at radius 1 is 1.36 bits per heavy atom. The van der Waals surface area contributed by atoms with Gasteiger partial charge in [-0.3, -0.25) is 4.99 Å². The first-order valence-corrected chi connectivity index (χ1v) is 9.29. The minimum absolute atomic E-state index is 0. The quantitative estimate of drug-likeness (QED) is 0.322. The van der Waals surface area contributed by atoms with E-state index in [1.165, 1.54) is 18.4 Å². The van der Waals surface area contributed by atoms with Crippen LogP contribution in [0.5, 0.6) is 0 Å². The van der Waals surface area contributed by atoms with Crippen LogP contribution in [0.1, 0.15) is 18.9 Å². The molecule has 22 heavy (non-hydrogen) atoms. The number of hydrogen-bond donors (Lipinski definition) is 1. The summed E-state index contributed by atoms with van der Waals surface area (Å²) in [5.41, 5.74) is 1.45. The molecule has 0 saturated carbocycles. The van der Waals surface area contributed by atoms with Crippen LogP contribution in [0.4, 0.5) is 0 Å². The van der Waals surface area contributed by atoms with Crippen LogP contribution < -0.4 is 5.32 Å². The van der Waals surface area contributed by atoms with E-state index in [1.807, 2.05) is 11.8 Å². The zero-order chi connectivity index (χ0) is 14.9. The van der Waals surface area contributed by atoms with Crippen LogP contribution in [0.15, 0.2) is 35.3 Å². The van der Waals surface area contributed by atoms with Crippen LogP contribution in [0.3, 0.4) is 0 Å². The standard InChI is InChI=1S/C17H27N3S.HI/c1-3-18-17(19-10-12-21-2)20-11-9-16(14-20)13-15-7-5-4-6-8-15;/h4-8,16H,3,9-14H2,1-2H3,(H,18,19);1H. The van der Waals surface area contributed by atoms with E-state index in [4.69, 9.17) is 4.99 Å². The predicted octanol–water partition coefficient (Wildman–Crippen LogP) is 3.50. The molecule has 1 aliphatic heterocycles. The van der Waals surface area contributed by atoms with Gasteiger partial charge >= 0.3 is 0 Å². The number of guanidine groups is 1. The Bertz CT molecular complexity index is 439. The fourth-order valence-corrected chi connectivity index (χ4v) is 3.08. The Labute approximate surface area is 156 Å². The molecule has 1 saturated heterocycles. The first kappa shape index (κ1) is 19.6. The average molecular weight is 433 g/mol. The van der Waals surface area contributed by atoms with Gasteiger partial charge in [0.1, 0.15) is 0 Å².